The highest BCUT2D eigenvalue weighted by Gasteiger charge is 2.28. The lowest BCUT2D eigenvalue weighted by atomic mass is 10.3. The zero-order chi connectivity index (χ0) is 13.4. The molecule has 2 N–H and O–H groups in total. The number of benzene rings is 1. The van der Waals surface area contributed by atoms with Gasteiger partial charge in [-0.1, -0.05) is 22.0 Å². The maximum Gasteiger partial charge on any atom is 0.227 e. The first kappa shape index (κ1) is 12.4. The second-order valence-electron chi connectivity index (χ2n) is 4.73. The van der Waals surface area contributed by atoms with Gasteiger partial charge in [0, 0.05) is 10.4 Å². The Bertz CT molecular complexity index is 626. The summed E-state index contributed by atoms with van der Waals surface area (Å²) in [5.74, 6) is 3.03. The lowest BCUT2D eigenvalue weighted by Crippen LogP contribution is -2.04. The van der Waals surface area contributed by atoms with Crippen LogP contribution in [0, 0.1) is 6.92 Å². The summed E-state index contributed by atoms with van der Waals surface area (Å²) in [5, 5.41) is 0. The number of nitrogens with zero attached hydrogens (tertiary/aromatic N) is 2. The topological polar surface area (TPSA) is 61.0 Å². The molecular weight excluding hydrogens is 306 g/mol. The van der Waals surface area contributed by atoms with Crippen LogP contribution in [0.3, 0.4) is 0 Å². The van der Waals surface area contributed by atoms with Crippen molar-refractivity contribution in [3.05, 3.63) is 40.1 Å². The average Bonchev–Trinajstić information content (AvgIpc) is 3.19. The highest BCUT2D eigenvalue weighted by Crippen LogP contribution is 2.40. The van der Waals surface area contributed by atoms with E-state index in [1.807, 2.05) is 31.2 Å². The van der Waals surface area contributed by atoms with Crippen molar-refractivity contribution in [2.24, 2.45) is 0 Å². The van der Waals surface area contributed by atoms with Crippen LogP contribution in [0.15, 0.2) is 28.7 Å². The van der Waals surface area contributed by atoms with Crippen molar-refractivity contribution in [2.75, 3.05) is 5.73 Å². The van der Waals surface area contributed by atoms with Gasteiger partial charge in [0.2, 0.25) is 5.88 Å². The number of aromatic nitrogens is 2. The second-order valence-corrected chi connectivity index (χ2v) is 5.65. The Morgan fingerprint density at radius 2 is 2.11 bits per heavy atom. The standard InChI is InChI=1S/C14H14BrN3O/c1-8-12(16)17-13(9-5-6-9)18-14(8)19-11-4-2-3-10(15)7-11/h2-4,7,9H,5-6H2,1H3,(H2,16,17,18). The van der Waals surface area contributed by atoms with Crippen LogP contribution in [0.1, 0.15) is 30.1 Å². The smallest absolute Gasteiger partial charge is 0.227 e. The van der Waals surface area contributed by atoms with E-state index in [4.69, 9.17) is 10.5 Å². The number of nitrogens with two attached hydrogens (primary N) is 1. The van der Waals surface area contributed by atoms with E-state index in [2.05, 4.69) is 25.9 Å². The number of rotatable bonds is 3. The van der Waals surface area contributed by atoms with E-state index in [0.29, 0.717) is 17.6 Å². The van der Waals surface area contributed by atoms with Crippen LogP contribution >= 0.6 is 15.9 Å². The molecule has 0 amide bonds. The molecule has 0 spiro atoms. The van der Waals surface area contributed by atoms with Crippen molar-refractivity contribution in [1.82, 2.24) is 9.97 Å². The fraction of sp³-hybridized carbons (Fsp3) is 0.286. The van der Waals surface area contributed by atoms with E-state index >= 15 is 0 Å². The van der Waals surface area contributed by atoms with E-state index in [-0.39, 0.29) is 0 Å². The van der Waals surface area contributed by atoms with Gasteiger partial charge >= 0.3 is 0 Å². The van der Waals surface area contributed by atoms with Crippen LogP contribution in [0.4, 0.5) is 5.82 Å². The summed E-state index contributed by atoms with van der Waals surface area (Å²) in [6.45, 7) is 1.87. The summed E-state index contributed by atoms with van der Waals surface area (Å²) < 4.78 is 6.79. The van der Waals surface area contributed by atoms with E-state index in [0.717, 1.165) is 34.5 Å². The number of hydrogen-bond acceptors (Lipinski definition) is 4. The average molecular weight is 320 g/mol. The third-order valence-corrected chi connectivity index (χ3v) is 3.60. The van der Waals surface area contributed by atoms with Crippen LogP contribution in [0.25, 0.3) is 0 Å². The molecule has 0 unspecified atom stereocenters. The molecule has 2 aromatic rings. The van der Waals surface area contributed by atoms with Crippen molar-refractivity contribution in [3.8, 4) is 11.6 Å². The molecular formula is C14H14BrN3O. The maximum atomic E-state index is 5.93. The first-order valence-corrected chi connectivity index (χ1v) is 7.00. The molecule has 4 nitrogen and oxygen atoms in total. The minimum atomic E-state index is 0.452. The van der Waals surface area contributed by atoms with E-state index < -0.39 is 0 Å². The van der Waals surface area contributed by atoms with Gasteiger partial charge in [-0.3, -0.25) is 0 Å². The SMILES string of the molecule is Cc1c(N)nc(C2CC2)nc1Oc1cccc(Br)c1. The van der Waals surface area contributed by atoms with Crippen LogP contribution in [0.5, 0.6) is 11.6 Å². The quantitative estimate of drug-likeness (QED) is 0.934. The van der Waals surface area contributed by atoms with Crippen molar-refractivity contribution in [3.63, 3.8) is 0 Å². The molecule has 1 aliphatic carbocycles. The lowest BCUT2D eigenvalue weighted by Gasteiger charge is -2.11. The highest BCUT2D eigenvalue weighted by molar-refractivity contribution is 9.10. The molecule has 0 atom stereocenters. The minimum absolute atomic E-state index is 0.452. The molecule has 19 heavy (non-hydrogen) atoms. The molecule has 0 aliphatic heterocycles. The maximum absolute atomic E-state index is 5.93. The zero-order valence-corrected chi connectivity index (χ0v) is 12.1. The van der Waals surface area contributed by atoms with Gasteiger partial charge in [-0.05, 0) is 38.0 Å². The monoisotopic (exact) mass is 319 g/mol. The second kappa shape index (κ2) is 4.81. The van der Waals surface area contributed by atoms with Gasteiger partial charge in [0.15, 0.2) is 0 Å². The minimum Gasteiger partial charge on any atom is -0.439 e. The molecule has 0 bridgehead atoms. The third kappa shape index (κ3) is 2.71. The van der Waals surface area contributed by atoms with Gasteiger partial charge in [-0.25, -0.2) is 4.98 Å². The van der Waals surface area contributed by atoms with Crippen molar-refractivity contribution in [2.45, 2.75) is 25.7 Å². The van der Waals surface area contributed by atoms with Crippen LogP contribution in [-0.2, 0) is 0 Å². The Balaban J connectivity index is 1.95. The van der Waals surface area contributed by atoms with Crippen molar-refractivity contribution >= 4 is 21.7 Å². The summed E-state index contributed by atoms with van der Waals surface area (Å²) in [7, 11) is 0. The zero-order valence-electron chi connectivity index (χ0n) is 10.6. The summed E-state index contributed by atoms with van der Waals surface area (Å²) in [6, 6.07) is 7.65. The Hall–Kier alpha value is -1.62. The molecule has 3 rings (SSSR count). The Labute approximate surface area is 120 Å². The van der Waals surface area contributed by atoms with Crippen molar-refractivity contribution < 1.29 is 4.74 Å². The Morgan fingerprint density at radius 3 is 2.79 bits per heavy atom. The summed E-state index contributed by atoms with van der Waals surface area (Å²) in [5.41, 5.74) is 6.71. The largest absolute Gasteiger partial charge is 0.439 e. The number of nitrogen functional groups attached to an aromatic ring is 1. The predicted octanol–water partition coefficient (Wildman–Crippen LogP) is 3.80. The predicted molar refractivity (Wildman–Crippen MR) is 77.4 cm³/mol. The van der Waals surface area contributed by atoms with Gasteiger partial charge in [-0.15, -0.1) is 0 Å². The first-order valence-electron chi connectivity index (χ1n) is 6.21. The number of anilines is 1. The molecule has 1 fully saturated rings. The lowest BCUT2D eigenvalue weighted by molar-refractivity contribution is 0.454. The molecule has 1 aromatic heterocycles. The van der Waals surface area contributed by atoms with Gasteiger partial charge in [0.25, 0.3) is 0 Å². The number of ether oxygens (including phenoxy) is 1. The molecule has 98 valence electrons. The first-order chi connectivity index (χ1) is 9.13. The molecule has 1 heterocycles. The van der Waals surface area contributed by atoms with Gasteiger partial charge in [-0.2, -0.15) is 4.98 Å². The summed E-state index contributed by atoms with van der Waals surface area (Å²) in [6.07, 6.45) is 2.28. The number of hydrogen-bond donors (Lipinski definition) is 1. The molecule has 5 heteroatoms. The Morgan fingerprint density at radius 1 is 1.32 bits per heavy atom. The molecule has 0 saturated heterocycles. The van der Waals surface area contributed by atoms with Crippen LogP contribution in [0.2, 0.25) is 0 Å². The summed E-state index contributed by atoms with van der Waals surface area (Å²) in [4.78, 5) is 8.82. The fourth-order valence-electron chi connectivity index (χ4n) is 1.80. The number of halogens is 1. The van der Waals surface area contributed by atoms with E-state index in [1.54, 1.807) is 0 Å². The van der Waals surface area contributed by atoms with Gasteiger partial charge in [0.1, 0.15) is 17.4 Å². The van der Waals surface area contributed by atoms with E-state index in [9.17, 15) is 0 Å². The summed E-state index contributed by atoms with van der Waals surface area (Å²) >= 11 is 3.42. The fourth-order valence-corrected chi connectivity index (χ4v) is 2.17. The van der Waals surface area contributed by atoms with Crippen LogP contribution in [-0.4, -0.2) is 9.97 Å². The van der Waals surface area contributed by atoms with Crippen molar-refractivity contribution in [1.29, 1.82) is 0 Å². The van der Waals surface area contributed by atoms with Gasteiger partial charge < -0.3 is 10.5 Å². The highest BCUT2D eigenvalue weighted by atomic mass is 79.9. The van der Waals surface area contributed by atoms with Gasteiger partial charge in [0.05, 0.1) is 5.56 Å². The normalized spacial score (nSPS) is 14.4. The molecule has 1 aliphatic rings. The Kier molecular flexibility index (Phi) is 3.14. The molecule has 1 aromatic carbocycles. The third-order valence-electron chi connectivity index (χ3n) is 3.11. The van der Waals surface area contributed by atoms with E-state index in [1.165, 1.54) is 0 Å². The van der Waals surface area contributed by atoms with Crippen LogP contribution < -0.4 is 10.5 Å². The molecule has 0 radical (unpaired) electrons. The molecule has 1 saturated carbocycles.